The molecule has 5 nitrogen and oxygen atoms in total. The third-order valence-electron chi connectivity index (χ3n) is 8.21. The molecule has 0 aliphatic rings. The van der Waals surface area contributed by atoms with Crippen molar-refractivity contribution in [1.29, 1.82) is 0 Å². The lowest BCUT2D eigenvalue weighted by molar-refractivity contribution is -0.188. The third-order valence-corrected chi connectivity index (χ3v) is 8.21. The van der Waals surface area contributed by atoms with Crippen molar-refractivity contribution in [3.05, 3.63) is 24.3 Å². The highest BCUT2D eigenvalue weighted by Gasteiger charge is 2.18. The summed E-state index contributed by atoms with van der Waals surface area (Å²) >= 11 is 0. The van der Waals surface area contributed by atoms with Crippen molar-refractivity contribution < 1.29 is 19.1 Å². The molecule has 258 valence electrons. The number of carbonyl (C=O) groups excluding carboxylic acids is 2. The van der Waals surface area contributed by atoms with Crippen molar-refractivity contribution in [1.82, 2.24) is 0 Å². The van der Waals surface area contributed by atoms with Gasteiger partial charge in [0.15, 0.2) is 0 Å². The fraction of sp³-hybridized carbons (Fsp3) is 0.846. The molecule has 0 heterocycles. The van der Waals surface area contributed by atoms with E-state index in [2.05, 4.69) is 38.2 Å². The first kappa shape index (κ1) is 42.4. The van der Waals surface area contributed by atoms with Crippen LogP contribution in [0.4, 0.5) is 0 Å². The highest BCUT2D eigenvalue weighted by molar-refractivity contribution is 5.71. The summed E-state index contributed by atoms with van der Waals surface area (Å²) in [4.78, 5) is 24.6. The summed E-state index contributed by atoms with van der Waals surface area (Å²) < 4.78 is 10.9. The summed E-state index contributed by atoms with van der Waals surface area (Å²) in [6.45, 7) is 4.84. The average Bonchev–Trinajstić information content (AvgIpc) is 3.01. The van der Waals surface area contributed by atoms with Gasteiger partial charge in [-0.05, 0) is 70.8 Å². The molecule has 0 saturated carbocycles. The van der Waals surface area contributed by atoms with Gasteiger partial charge in [0.1, 0.15) is 0 Å². The SMILES string of the molecule is CCCCCCCCC=CCCCCCCCC(=O)OC(CCN)OC(=O)CCCCCCC/C=C\CCCCCCCC. The van der Waals surface area contributed by atoms with E-state index in [-0.39, 0.29) is 11.9 Å². The fourth-order valence-electron chi connectivity index (χ4n) is 5.37. The Morgan fingerprint density at radius 1 is 0.477 bits per heavy atom. The van der Waals surface area contributed by atoms with Gasteiger partial charge in [-0.15, -0.1) is 0 Å². The normalized spacial score (nSPS) is 12.3. The van der Waals surface area contributed by atoms with Crippen molar-refractivity contribution in [2.24, 2.45) is 5.73 Å². The number of esters is 2. The predicted octanol–water partition coefficient (Wildman–Crippen LogP) is 11.8. The summed E-state index contributed by atoms with van der Waals surface area (Å²) in [5.74, 6) is -0.593. The van der Waals surface area contributed by atoms with Crippen LogP contribution < -0.4 is 5.73 Å². The molecule has 0 radical (unpaired) electrons. The Balaban J connectivity index is 3.70. The zero-order valence-electron chi connectivity index (χ0n) is 29.3. The molecule has 0 aromatic heterocycles. The van der Waals surface area contributed by atoms with Gasteiger partial charge in [0.25, 0.3) is 0 Å². The quantitative estimate of drug-likeness (QED) is 0.0335. The van der Waals surface area contributed by atoms with Gasteiger partial charge in [0, 0.05) is 19.3 Å². The second-order valence-corrected chi connectivity index (χ2v) is 12.7. The van der Waals surface area contributed by atoms with Crippen molar-refractivity contribution in [2.75, 3.05) is 6.54 Å². The lowest BCUT2D eigenvalue weighted by Crippen LogP contribution is -2.27. The molecule has 0 rings (SSSR count). The largest absolute Gasteiger partial charge is 0.425 e. The molecule has 44 heavy (non-hydrogen) atoms. The van der Waals surface area contributed by atoms with Crippen LogP contribution in [0.25, 0.3) is 0 Å². The van der Waals surface area contributed by atoms with Gasteiger partial charge in [-0.3, -0.25) is 9.59 Å². The Bertz CT molecular complexity index is 621. The molecule has 1 unspecified atom stereocenters. The first-order valence-corrected chi connectivity index (χ1v) is 19.0. The van der Waals surface area contributed by atoms with Crippen LogP contribution in [-0.2, 0) is 19.1 Å². The lowest BCUT2D eigenvalue weighted by atomic mass is 10.1. The van der Waals surface area contributed by atoms with Gasteiger partial charge in [-0.1, -0.05) is 141 Å². The Hall–Kier alpha value is -1.62. The van der Waals surface area contributed by atoms with E-state index in [0.29, 0.717) is 25.8 Å². The summed E-state index contributed by atoms with van der Waals surface area (Å²) in [7, 11) is 0. The number of hydrogen-bond acceptors (Lipinski definition) is 5. The molecular weight excluding hydrogens is 546 g/mol. The maximum atomic E-state index is 12.3. The Morgan fingerprint density at radius 2 is 0.773 bits per heavy atom. The Kier molecular flexibility index (Phi) is 34.5. The first-order valence-electron chi connectivity index (χ1n) is 19.0. The maximum Gasteiger partial charge on any atom is 0.308 e. The van der Waals surface area contributed by atoms with Crippen molar-refractivity contribution >= 4 is 11.9 Å². The van der Waals surface area contributed by atoms with Gasteiger partial charge in [0.05, 0.1) is 0 Å². The molecule has 5 heteroatoms. The van der Waals surface area contributed by atoms with Gasteiger partial charge in [0.2, 0.25) is 6.29 Å². The average molecular weight is 620 g/mol. The number of ether oxygens (including phenoxy) is 2. The molecule has 0 spiro atoms. The van der Waals surface area contributed by atoms with Gasteiger partial charge in [-0.2, -0.15) is 0 Å². The van der Waals surface area contributed by atoms with Crippen molar-refractivity contribution in [2.45, 2.75) is 206 Å². The molecule has 0 aliphatic carbocycles. The number of nitrogens with two attached hydrogens (primary N) is 1. The van der Waals surface area contributed by atoms with E-state index in [1.165, 1.54) is 116 Å². The lowest BCUT2D eigenvalue weighted by Gasteiger charge is -2.17. The van der Waals surface area contributed by atoms with E-state index < -0.39 is 6.29 Å². The monoisotopic (exact) mass is 620 g/mol. The van der Waals surface area contributed by atoms with Crippen LogP contribution in [0.5, 0.6) is 0 Å². The van der Waals surface area contributed by atoms with Gasteiger partial charge >= 0.3 is 11.9 Å². The highest BCUT2D eigenvalue weighted by atomic mass is 16.7. The van der Waals surface area contributed by atoms with E-state index in [0.717, 1.165) is 51.4 Å². The van der Waals surface area contributed by atoms with E-state index in [1.807, 2.05) is 0 Å². The Labute approximate surface area is 273 Å². The number of rotatable bonds is 34. The third kappa shape index (κ3) is 33.3. The summed E-state index contributed by atoms with van der Waals surface area (Å²) in [5.41, 5.74) is 5.66. The molecule has 0 bridgehead atoms. The van der Waals surface area contributed by atoms with Gasteiger partial charge in [-0.25, -0.2) is 0 Å². The Morgan fingerprint density at radius 3 is 1.09 bits per heavy atom. The minimum Gasteiger partial charge on any atom is -0.425 e. The first-order chi connectivity index (χ1) is 21.6. The molecule has 0 saturated heterocycles. The molecule has 0 aromatic carbocycles. The predicted molar refractivity (Wildman–Crippen MR) is 189 cm³/mol. The van der Waals surface area contributed by atoms with Crippen LogP contribution in [0.2, 0.25) is 0 Å². The zero-order valence-corrected chi connectivity index (χ0v) is 29.3. The molecular formula is C39H73NO4. The van der Waals surface area contributed by atoms with Crippen LogP contribution >= 0.6 is 0 Å². The van der Waals surface area contributed by atoms with E-state index >= 15 is 0 Å². The highest BCUT2D eigenvalue weighted by Crippen LogP contribution is 2.14. The second kappa shape index (κ2) is 35.9. The van der Waals surface area contributed by atoms with Crippen molar-refractivity contribution in [3.8, 4) is 0 Å². The van der Waals surface area contributed by atoms with Gasteiger partial charge < -0.3 is 15.2 Å². The number of carbonyl (C=O) groups is 2. The summed E-state index contributed by atoms with van der Waals surface area (Å²) in [6.07, 6.45) is 41.3. The van der Waals surface area contributed by atoms with Crippen LogP contribution in [-0.4, -0.2) is 24.8 Å². The summed E-state index contributed by atoms with van der Waals surface area (Å²) in [6, 6.07) is 0. The smallest absolute Gasteiger partial charge is 0.308 e. The van der Waals surface area contributed by atoms with Crippen LogP contribution in [0.3, 0.4) is 0 Å². The van der Waals surface area contributed by atoms with Crippen LogP contribution in [0, 0.1) is 0 Å². The zero-order chi connectivity index (χ0) is 32.2. The molecule has 0 fully saturated rings. The van der Waals surface area contributed by atoms with Crippen LogP contribution in [0.1, 0.15) is 200 Å². The number of allylic oxidation sites excluding steroid dienone is 4. The molecule has 2 N–H and O–H groups in total. The fourth-order valence-corrected chi connectivity index (χ4v) is 5.37. The second-order valence-electron chi connectivity index (χ2n) is 12.7. The van der Waals surface area contributed by atoms with E-state index in [9.17, 15) is 9.59 Å². The minimum atomic E-state index is -0.855. The van der Waals surface area contributed by atoms with Crippen LogP contribution in [0.15, 0.2) is 24.3 Å². The van der Waals surface area contributed by atoms with E-state index in [1.54, 1.807) is 0 Å². The summed E-state index contributed by atoms with van der Waals surface area (Å²) in [5, 5.41) is 0. The number of hydrogen-bond donors (Lipinski definition) is 1. The molecule has 0 aliphatic heterocycles. The molecule has 0 aromatic rings. The molecule has 1 atom stereocenters. The standard InChI is InChI=1S/C39H73NO4/c1-3-5-7-9-11-13-15-17-19-21-23-25-27-29-31-33-37(41)43-39(35-36-40)44-38(42)34-32-30-28-26-24-22-20-18-16-14-12-10-8-6-4-2/h17-20,39H,3-16,21-36,40H2,1-2H3/b19-17-,20-18?. The molecule has 0 amide bonds. The van der Waals surface area contributed by atoms with Crippen molar-refractivity contribution in [3.63, 3.8) is 0 Å². The topological polar surface area (TPSA) is 78.6 Å². The maximum absolute atomic E-state index is 12.3. The van der Waals surface area contributed by atoms with E-state index in [4.69, 9.17) is 15.2 Å². The minimum absolute atomic E-state index is 0.296. The number of unbranched alkanes of at least 4 members (excludes halogenated alkanes) is 22.